The third kappa shape index (κ3) is 4.35. The van der Waals surface area contributed by atoms with Crippen LogP contribution in [0.3, 0.4) is 0 Å². The van der Waals surface area contributed by atoms with Crippen LogP contribution in [0.15, 0.2) is 21.5 Å². The number of nitrogens with zero attached hydrogens (tertiary/aromatic N) is 1. The lowest BCUT2D eigenvalue weighted by Gasteiger charge is -2.12. The van der Waals surface area contributed by atoms with E-state index in [1.807, 2.05) is 36.4 Å². The van der Waals surface area contributed by atoms with Gasteiger partial charge in [0, 0.05) is 6.08 Å². The second-order valence-electron chi connectivity index (χ2n) is 4.99. The molecular formula is C14H14INO5S. The molecule has 6 nitrogen and oxygen atoms in total. The van der Waals surface area contributed by atoms with Gasteiger partial charge in [-0.1, -0.05) is 13.8 Å². The van der Waals surface area contributed by atoms with E-state index in [-0.39, 0.29) is 24.0 Å². The summed E-state index contributed by atoms with van der Waals surface area (Å²) in [5.41, 5.74) is 0. The molecular weight excluding hydrogens is 421 g/mol. The molecule has 2 rings (SSSR count). The fraction of sp³-hybridized carbons (Fsp3) is 0.357. The number of hydrogen-bond donors (Lipinski definition) is 0. The van der Waals surface area contributed by atoms with Crippen LogP contribution in [0.25, 0.3) is 6.08 Å². The third-order valence-electron chi connectivity index (χ3n) is 2.61. The minimum absolute atomic E-state index is 0.195. The number of amides is 2. The molecule has 1 saturated heterocycles. The minimum Gasteiger partial charge on any atom is -0.464 e. The number of carbonyl (C=O) groups excluding carboxylic acids is 3. The summed E-state index contributed by atoms with van der Waals surface area (Å²) in [5, 5.41) is -0.487. The summed E-state index contributed by atoms with van der Waals surface area (Å²) >= 11 is 2.79. The van der Waals surface area contributed by atoms with Crippen molar-refractivity contribution in [1.29, 1.82) is 0 Å². The molecule has 22 heavy (non-hydrogen) atoms. The van der Waals surface area contributed by atoms with E-state index >= 15 is 0 Å². The Kier molecular flexibility index (Phi) is 5.68. The van der Waals surface area contributed by atoms with Crippen molar-refractivity contribution in [3.05, 3.63) is 26.6 Å². The molecule has 1 fully saturated rings. The van der Waals surface area contributed by atoms with Crippen LogP contribution in [0.4, 0.5) is 4.79 Å². The number of thioether (sulfide) groups is 1. The Balaban J connectivity index is 2.02. The van der Waals surface area contributed by atoms with Gasteiger partial charge in [0.1, 0.15) is 12.3 Å². The zero-order valence-corrected chi connectivity index (χ0v) is 15.0. The van der Waals surface area contributed by atoms with Gasteiger partial charge in [-0.15, -0.1) is 0 Å². The Hall–Kier alpha value is -1.29. The number of hydrogen-bond acceptors (Lipinski definition) is 6. The van der Waals surface area contributed by atoms with Gasteiger partial charge >= 0.3 is 5.97 Å². The number of esters is 1. The molecule has 0 bridgehead atoms. The highest BCUT2D eigenvalue weighted by Gasteiger charge is 2.36. The maximum absolute atomic E-state index is 12.2. The van der Waals surface area contributed by atoms with Crippen molar-refractivity contribution in [1.82, 2.24) is 4.90 Å². The maximum atomic E-state index is 12.2. The van der Waals surface area contributed by atoms with Gasteiger partial charge < -0.3 is 9.15 Å². The first-order valence-electron chi connectivity index (χ1n) is 6.53. The summed E-state index contributed by atoms with van der Waals surface area (Å²) < 4.78 is 11.0. The first-order valence-corrected chi connectivity index (χ1v) is 8.42. The van der Waals surface area contributed by atoms with Crippen LogP contribution < -0.4 is 0 Å². The molecule has 0 aromatic carbocycles. The fourth-order valence-corrected chi connectivity index (χ4v) is 2.86. The average Bonchev–Trinajstić information content (AvgIpc) is 2.96. The lowest BCUT2D eigenvalue weighted by molar-refractivity contribution is -0.147. The van der Waals surface area contributed by atoms with Crippen molar-refractivity contribution < 1.29 is 23.5 Å². The van der Waals surface area contributed by atoms with E-state index in [0.29, 0.717) is 9.53 Å². The molecule has 2 heterocycles. The summed E-state index contributed by atoms with van der Waals surface area (Å²) in [4.78, 5) is 36.8. The predicted molar refractivity (Wildman–Crippen MR) is 89.9 cm³/mol. The Bertz CT molecular complexity index is 637. The molecule has 1 aromatic rings. The predicted octanol–water partition coefficient (Wildman–Crippen LogP) is 3.12. The second-order valence-corrected chi connectivity index (χ2v) is 7.04. The van der Waals surface area contributed by atoms with Gasteiger partial charge in [-0.3, -0.25) is 19.3 Å². The molecule has 0 aliphatic carbocycles. The van der Waals surface area contributed by atoms with E-state index in [1.54, 1.807) is 12.1 Å². The number of carbonyl (C=O) groups is 3. The topological polar surface area (TPSA) is 76.8 Å². The van der Waals surface area contributed by atoms with E-state index in [4.69, 9.17) is 9.15 Å². The molecule has 0 N–H and O–H groups in total. The number of furan rings is 1. The van der Waals surface area contributed by atoms with Gasteiger partial charge in [-0.2, -0.15) is 0 Å². The fourth-order valence-electron chi connectivity index (χ4n) is 1.61. The van der Waals surface area contributed by atoms with Crippen molar-refractivity contribution in [2.75, 3.05) is 13.2 Å². The van der Waals surface area contributed by atoms with Crippen molar-refractivity contribution in [2.45, 2.75) is 13.8 Å². The van der Waals surface area contributed by atoms with Gasteiger partial charge in [-0.05, 0) is 52.4 Å². The summed E-state index contributed by atoms with van der Waals surface area (Å²) in [7, 11) is 0. The van der Waals surface area contributed by atoms with Crippen molar-refractivity contribution in [3.8, 4) is 0 Å². The Morgan fingerprint density at radius 2 is 2.18 bits per heavy atom. The normalized spacial score (nSPS) is 16.9. The minimum atomic E-state index is -0.593. The Labute approximate surface area is 145 Å². The van der Waals surface area contributed by atoms with Crippen LogP contribution in [0.2, 0.25) is 0 Å². The third-order valence-corrected chi connectivity index (χ3v) is 4.09. The summed E-state index contributed by atoms with van der Waals surface area (Å²) in [5.74, 6) is -0.426. The van der Waals surface area contributed by atoms with Gasteiger partial charge in [0.15, 0.2) is 3.77 Å². The summed E-state index contributed by atoms with van der Waals surface area (Å²) in [6.45, 7) is 3.70. The van der Waals surface area contributed by atoms with Gasteiger partial charge in [0.2, 0.25) is 0 Å². The van der Waals surface area contributed by atoms with Crippen LogP contribution in [0.5, 0.6) is 0 Å². The number of imide groups is 1. The quantitative estimate of drug-likeness (QED) is 0.402. The van der Waals surface area contributed by atoms with E-state index in [9.17, 15) is 14.4 Å². The van der Waals surface area contributed by atoms with Crippen LogP contribution >= 0.6 is 34.4 Å². The van der Waals surface area contributed by atoms with Crippen molar-refractivity contribution in [3.63, 3.8) is 0 Å². The summed E-state index contributed by atoms with van der Waals surface area (Å²) in [6, 6.07) is 3.45. The largest absolute Gasteiger partial charge is 0.464 e. The lowest BCUT2D eigenvalue weighted by atomic mass is 10.2. The second kappa shape index (κ2) is 7.32. The number of ether oxygens (including phenoxy) is 1. The summed E-state index contributed by atoms with van der Waals surface area (Å²) in [6.07, 6.45) is 1.49. The molecule has 0 radical (unpaired) electrons. The Morgan fingerprint density at radius 1 is 1.45 bits per heavy atom. The SMILES string of the molecule is CC(C)COC(=O)CN1C(=O)S/C(=C\c2ccc(I)o2)C1=O. The first-order chi connectivity index (χ1) is 10.4. The molecule has 0 saturated carbocycles. The number of rotatable bonds is 5. The highest BCUT2D eigenvalue weighted by molar-refractivity contribution is 14.1. The molecule has 1 aliphatic rings. The zero-order valence-electron chi connectivity index (χ0n) is 12.0. The molecule has 0 spiro atoms. The van der Waals surface area contributed by atoms with Gasteiger partial charge in [0.05, 0.1) is 11.5 Å². The van der Waals surface area contributed by atoms with E-state index in [1.165, 1.54) is 6.08 Å². The lowest BCUT2D eigenvalue weighted by Crippen LogP contribution is -2.34. The van der Waals surface area contributed by atoms with E-state index in [2.05, 4.69) is 0 Å². The molecule has 0 atom stereocenters. The molecule has 8 heteroatoms. The van der Waals surface area contributed by atoms with Crippen LogP contribution in [0, 0.1) is 9.68 Å². The van der Waals surface area contributed by atoms with Crippen LogP contribution in [0.1, 0.15) is 19.6 Å². The highest BCUT2D eigenvalue weighted by Crippen LogP contribution is 2.32. The molecule has 118 valence electrons. The standard InChI is InChI=1S/C14H14INO5S/c1-8(2)7-20-12(17)6-16-13(18)10(22-14(16)19)5-9-3-4-11(15)21-9/h3-5,8H,6-7H2,1-2H3/b10-5-. The van der Waals surface area contributed by atoms with Crippen LogP contribution in [-0.4, -0.2) is 35.2 Å². The molecule has 1 aromatic heterocycles. The smallest absolute Gasteiger partial charge is 0.326 e. The van der Waals surface area contributed by atoms with Gasteiger partial charge in [-0.25, -0.2) is 0 Å². The first kappa shape index (κ1) is 17.1. The zero-order chi connectivity index (χ0) is 16.3. The Morgan fingerprint density at radius 3 is 2.77 bits per heavy atom. The van der Waals surface area contributed by atoms with Crippen LogP contribution in [-0.2, 0) is 14.3 Å². The molecule has 1 aliphatic heterocycles. The highest BCUT2D eigenvalue weighted by atomic mass is 127. The maximum Gasteiger partial charge on any atom is 0.326 e. The molecule has 0 unspecified atom stereocenters. The van der Waals surface area contributed by atoms with Crippen molar-refractivity contribution in [2.24, 2.45) is 5.92 Å². The monoisotopic (exact) mass is 435 g/mol. The average molecular weight is 435 g/mol. The van der Waals surface area contributed by atoms with Crippen molar-refractivity contribution >= 4 is 57.5 Å². The molecule has 2 amide bonds. The number of halogens is 1. The van der Waals surface area contributed by atoms with Gasteiger partial charge in [0.25, 0.3) is 11.1 Å². The van der Waals surface area contributed by atoms with E-state index in [0.717, 1.165) is 16.7 Å². The van der Waals surface area contributed by atoms with E-state index < -0.39 is 17.1 Å².